The van der Waals surface area contributed by atoms with Crippen LogP contribution < -0.4 is 10.3 Å². The monoisotopic (exact) mass is 398 g/mol. The molecule has 0 N–H and O–H groups in total. The van der Waals surface area contributed by atoms with Crippen LogP contribution in [0.3, 0.4) is 0 Å². The fraction of sp³-hybridized carbons (Fsp3) is 0.263. The van der Waals surface area contributed by atoms with Gasteiger partial charge in [-0.1, -0.05) is 18.2 Å². The van der Waals surface area contributed by atoms with Crippen LogP contribution in [0.1, 0.15) is 17.8 Å². The molecule has 0 saturated carbocycles. The number of carbonyl (C=O) groups excluding carboxylic acids is 1. The highest BCUT2D eigenvalue weighted by Gasteiger charge is 2.17. The number of rotatable bonds is 6. The van der Waals surface area contributed by atoms with E-state index in [-0.39, 0.29) is 24.6 Å². The highest BCUT2D eigenvalue weighted by molar-refractivity contribution is 7.17. The summed E-state index contributed by atoms with van der Waals surface area (Å²) in [6, 6.07) is 9.41. The first-order valence-electron chi connectivity index (χ1n) is 8.68. The van der Waals surface area contributed by atoms with E-state index in [1.54, 1.807) is 18.6 Å². The molecular weight excluding hydrogens is 380 g/mol. The van der Waals surface area contributed by atoms with Crippen molar-refractivity contribution in [3.63, 3.8) is 0 Å². The Morgan fingerprint density at radius 1 is 1.21 bits per heavy atom. The minimum atomic E-state index is -0.339. The Kier molecular flexibility index (Phi) is 4.82. The maximum Gasteiger partial charge on any atom is 0.306 e. The normalized spacial score (nSPS) is 11.2. The lowest BCUT2D eigenvalue weighted by Gasteiger charge is -2.08. The summed E-state index contributed by atoms with van der Waals surface area (Å²) in [6.45, 7) is -0.0188. The zero-order valence-corrected chi connectivity index (χ0v) is 16.2. The lowest BCUT2D eigenvalue weighted by Crippen LogP contribution is -2.19. The van der Waals surface area contributed by atoms with E-state index in [1.807, 2.05) is 35.7 Å². The van der Waals surface area contributed by atoms with Gasteiger partial charge in [-0.2, -0.15) is 0 Å². The predicted octanol–water partition coefficient (Wildman–Crippen LogP) is 2.33. The fourth-order valence-electron chi connectivity index (χ4n) is 3.11. The van der Waals surface area contributed by atoms with E-state index in [0.29, 0.717) is 28.2 Å². The minimum absolute atomic E-state index is 0.0188. The molecule has 9 heteroatoms. The third-order valence-electron chi connectivity index (χ3n) is 4.55. The van der Waals surface area contributed by atoms with E-state index in [2.05, 4.69) is 10.2 Å². The van der Waals surface area contributed by atoms with Gasteiger partial charge in [0.15, 0.2) is 12.4 Å². The highest BCUT2D eigenvalue weighted by atomic mass is 32.1. The first-order valence-corrected chi connectivity index (χ1v) is 9.56. The Labute approximate surface area is 164 Å². The molecule has 0 amide bonds. The van der Waals surface area contributed by atoms with Crippen molar-refractivity contribution in [1.82, 2.24) is 19.2 Å². The number of hydrogen-bond acceptors (Lipinski definition) is 7. The molecule has 0 bridgehead atoms. The van der Waals surface area contributed by atoms with E-state index in [9.17, 15) is 9.59 Å². The van der Waals surface area contributed by atoms with Gasteiger partial charge in [-0.15, -0.1) is 21.5 Å². The lowest BCUT2D eigenvalue weighted by atomic mass is 10.1. The second-order valence-electron chi connectivity index (χ2n) is 6.22. The van der Waals surface area contributed by atoms with Crippen LogP contribution in [0.25, 0.3) is 16.0 Å². The maximum atomic E-state index is 12.3. The first kappa shape index (κ1) is 18.2. The Hall–Kier alpha value is -3.20. The second-order valence-corrected chi connectivity index (χ2v) is 7.14. The number of aryl methyl sites for hydroxylation is 2. The van der Waals surface area contributed by atoms with E-state index in [1.165, 1.54) is 15.9 Å². The van der Waals surface area contributed by atoms with E-state index < -0.39 is 0 Å². The van der Waals surface area contributed by atoms with Crippen molar-refractivity contribution in [2.45, 2.75) is 19.4 Å². The molecular formula is C19H18N4O4S. The number of thiophene rings is 1. The average Bonchev–Trinajstić information content (AvgIpc) is 3.36. The smallest absolute Gasteiger partial charge is 0.306 e. The number of nitrogens with zero attached hydrogens (tertiary/aromatic N) is 4. The third kappa shape index (κ3) is 3.13. The number of esters is 1. The molecule has 0 spiro atoms. The summed E-state index contributed by atoms with van der Waals surface area (Å²) >= 11 is 1.36. The minimum Gasteiger partial charge on any atom is -0.496 e. The molecule has 0 radical (unpaired) electrons. The lowest BCUT2D eigenvalue weighted by molar-refractivity contribution is -0.145. The van der Waals surface area contributed by atoms with Crippen LogP contribution in [0, 0.1) is 0 Å². The summed E-state index contributed by atoms with van der Waals surface area (Å²) in [4.78, 5) is 24.6. The van der Waals surface area contributed by atoms with Crippen LogP contribution in [0.5, 0.6) is 5.75 Å². The summed E-state index contributed by atoms with van der Waals surface area (Å²) in [6.07, 6.45) is 0.746. The van der Waals surface area contributed by atoms with Crippen LogP contribution in [-0.4, -0.2) is 32.2 Å². The van der Waals surface area contributed by atoms with Crippen molar-refractivity contribution in [2.24, 2.45) is 7.05 Å². The van der Waals surface area contributed by atoms with Gasteiger partial charge in [-0.3, -0.25) is 18.6 Å². The van der Waals surface area contributed by atoms with Gasteiger partial charge < -0.3 is 9.47 Å². The molecule has 3 heterocycles. The molecule has 0 unspecified atom stereocenters. The molecule has 0 aliphatic carbocycles. The number of ether oxygens (including phenoxy) is 2. The summed E-state index contributed by atoms with van der Waals surface area (Å²) in [5.74, 6) is 1.30. The highest BCUT2D eigenvalue weighted by Crippen LogP contribution is 2.21. The van der Waals surface area contributed by atoms with Crippen molar-refractivity contribution in [1.29, 1.82) is 0 Å². The standard InChI is InChI=1S/C19H18N4O4S/c1-22-18(25)17-13(9-10-28-17)23-15(20-21-19(22)23)11-27-16(24)8-7-12-5-3-4-6-14(12)26-2/h3-6,9-10H,7-8,11H2,1-2H3. The van der Waals surface area contributed by atoms with Gasteiger partial charge in [0.1, 0.15) is 10.4 Å². The molecule has 0 aliphatic rings. The molecule has 4 aromatic rings. The SMILES string of the molecule is COc1ccccc1CCC(=O)OCc1nnc2n(C)c(=O)c3sccc3n12. The van der Waals surface area contributed by atoms with Gasteiger partial charge in [0.05, 0.1) is 12.6 Å². The Balaban J connectivity index is 1.50. The zero-order valence-electron chi connectivity index (χ0n) is 15.4. The maximum absolute atomic E-state index is 12.3. The molecule has 0 atom stereocenters. The van der Waals surface area contributed by atoms with Crippen molar-refractivity contribution < 1.29 is 14.3 Å². The first-order chi connectivity index (χ1) is 13.6. The molecule has 28 heavy (non-hydrogen) atoms. The molecule has 0 aliphatic heterocycles. The third-order valence-corrected chi connectivity index (χ3v) is 5.44. The molecule has 0 fully saturated rings. The van der Waals surface area contributed by atoms with Gasteiger partial charge in [-0.05, 0) is 29.5 Å². The van der Waals surface area contributed by atoms with Gasteiger partial charge in [0, 0.05) is 13.5 Å². The molecule has 8 nitrogen and oxygen atoms in total. The van der Waals surface area contributed by atoms with Crippen LogP contribution in [0.15, 0.2) is 40.5 Å². The number of carbonyl (C=O) groups is 1. The zero-order chi connectivity index (χ0) is 19.7. The van der Waals surface area contributed by atoms with Gasteiger partial charge >= 0.3 is 5.97 Å². The van der Waals surface area contributed by atoms with Crippen LogP contribution >= 0.6 is 11.3 Å². The number of aromatic nitrogens is 4. The number of hydrogen-bond donors (Lipinski definition) is 0. The molecule has 3 aromatic heterocycles. The van der Waals surface area contributed by atoms with Crippen LogP contribution in [0.2, 0.25) is 0 Å². The topological polar surface area (TPSA) is 87.7 Å². The Morgan fingerprint density at radius 2 is 2.04 bits per heavy atom. The van der Waals surface area contributed by atoms with E-state index in [4.69, 9.17) is 9.47 Å². The molecule has 1 aromatic carbocycles. The summed E-state index contributed by atoms with van der Waals surface area (Å²) in [5, 5.41) is 10.0. The van der Waals surface area contributed by atoms with Crippen molar-refractivity contribution >= 4 is 33.3 Å². The fourth-order valence-corrected chi connectivity index (χ4v) is 3.96. The van der Waals surface area contributed by atoms with E-state index >= 15 is 0 Å². The number of fused-ring (bicyclic) bond motifs is 3. The predicted molar refractivity (Wildman–Crippen MR) is 105 cm³/mol. The number of para-hydroxylation sites is 1. The van der Waals surface area contributed by atoms with Crippen LogP contribution in [0.4, 0.5) is 0 Å². The van der Waals surface area contributed by atoms with Crippen molar-refractivity contribution in [3.8, 4) is 5.75 Å². The van der Waals surface area contributed by atoms with E-state index in [0.717, 1.165) is 11.3 Å². The summed E-state index contributed by atoms with van der Waals surface area (Å²) in [7, 11) is 3.25. The summed E-state index contributed by atoms with van der Waals surface area (Å²) in [5.41, 5.74) is 1.54. The van der Waals surface area contributed by atoms with Gasteiger partial charge in [0.25, 0.3) is 5.56 Å². The van der Waals surface area contributed by atoms with Crippen molar-refractivity contribution in [3.05, 3.63) is 57.5 Å². The summed E-state index contributed by atoms with van der Waals surface area (Å²) < 4.78 is 14.5. The van der Waals surface area contributed by atoms with Gasteiger partial charge in [-0.25, -0.2) is 0 Å². The molecule has 0 saturated heterocycles. The van der Waals surface area contributed by atoms with Crippen LogP contribution in [-0.2, 0) is 29.6 Å². The molecule has 4 rings (SSSR count). The largest absolute Gasteiger partial charge is 0.496 e. The number of methoxy groups -OCH3 is 1. The second kappa shape index (κ2) is 7.43. The quantitative estimate of drug-likeness (QED) is 0.463. The molecule has 144 valence electrons. The van der Waals surface area contributed by atoms with Gasteiger partial charge in [0.2, 0.25) is 5.78 Å². The Morgan fingerprint density at radius 3 is 2.86 bits per heavy atom. The van der Waals surface area contributed by atoms with Crippen molar-refractivity contribution in [2.75, 3.05) is 7.11 Å². The Bertz CT molecular complexity index is 1220. The number of benzene rings is 1. The average molecular weight is 398 g/mol.